The van der Waals surface area contributed by atoms with E-state index in [0.717, 1.165) is 25.7 Å². The topological polar surface area (TPSA) is 44.1 Å². The van der Waals surface area contributed by atoms with E-state index in [2.05, 4.69) is 12.0 Å². The average molecular weight is 236 g/mol. The summed E-state index contributed by atoms with van der Waals surface area (Å²) in [5, 5.41) is 4.11. The van der Waals surface area contributed by atoms with Gasteiger partial charge in [0.15, 0.2) is 11.5 Å². The number of ether oxygens (including phenoxy) is 1. The number of aryl methyl sites for hydroxylation is 1. The second-order valence-corrected chi connectivity index (χ2v) is 5.14. The number of carbonyl (C=O) groups is 1. The van der Waals surface area contributed by atoms with Crippen molar-refractivity contribution in [2.24, 2.45) is 12.5 Å². The highest BCUT2D eigenvalue weighted by atomic mass is 16.5. The van der Waals surface area contributed by atoms with Crippen LogP contribution in [0, 0.1) is 5.41 Å². The molecule has 1 aliphatic rings. The van der Waals surface area contributed by atoms with E-state index in [0.29, 0.717) is 11.4 Å². The van der Waals surface area contributed by atoms with Gasteiger partial charge in [-0.05, 0) is 12.8 Å². The van der Waals surface area contributed by atoms with E-state index in [9.17, 15) is 4.79 Å². The largest absolute Gasteiger partial charge is 0.493 e. The molecule has 4 heteroatoms. The van der Waals surface area contributed by atoms with Crippen LogP contribution in [0.4, 0.5) is 0 Å². The molecule has 0 radical (unpaired) electrons. The van der Waals surface area contributed by atoms with Gasteiger partial charge in [0.05, 0.1) is 13.3 Å². The maximum absolute atomic E-state index is 12.6. The van der Waals surface area contributed by atoms with Gasteiger partial charge in [0.25, 0.3) is 0 Å². The van der Waals surface area contributed by atoms with Crippen molar-refractivity contribution in [1.29, 1.82) is 0 Å². The minimum Gasteiger partial charge on any atom is -0.493 e. The Bertz CT molecular complexity index is 417. The van der Waals surface area contributed by atoms with Gasteiger partial charge in [0.2, 0.25) is 0 Å². The first-order chi connectivity index (χ1) is 8.08. The summed E-state index contributed by atoms with van der Waals surface area (Å²) in [5.74, 6) is 0.762. The highest BCUT2D eigenvalue weighted by molar-refractivity contribution is 6.01. The zero-order chi connectivity index (χ0) is 12.5. The number of aromatic nitrogens is 2. The fourth-order valence-electron chi connectivity index (χ4n) is 2.67. The smallest absolute Gasteiger partial charge is 0.190 e. The maximum atomic E-state index is 12.6. The van der Waals surface area contributed by atoms with Crippen LogP contribution < -0.4 is 4.74 Å². The third-order valence-electron chi connectivity index (χ3n) is 3.85. The molecule has 0 atom stereocenters. The molecular weight excluding hydrogens is 216 g/mol. The van der Waals surface area contributed by atoms with E-state index < -0.39 is 0 Å². The molecule has 0 bridgehead atoms. The monoisotopic (exact) mass is 236 g/mol. The number of hydrogen-bond donors (Lipinski definition) is 0. The number of hydrogen-bond acceptors (Lipinski definition) is 3. The highest BCUT2D eigenvalue weighted by Crippen LogP contribution is 2.40. The van der Waals surface area contributed by atoms with Crippen LogP contribution in [0.15, 0.2) is 6.20 Å². The number of methoxy groups -OCH3 is 1. The van der Waals surface area contributed by atoms with Crippen LogP contribution in [0.25, 0.3) is 0 Å². The molecule has 1 aliphatic carbocycles. The molecule has 1 fully saturated rings. The summed E-state index contributed by atoms with van der Waals surface area (Å²) in [6, 6.07) is 0. The first-order valence-electron chi connectivity index (χ1n) is 6.19. The second kappa shape index (κ2) is 4.51. The molecule has 0 spiro atoms. The Labute approximate surface area is 102 Å². The van der Waals surface area contributed by atoms with Crippen LogP contribution in [0.1, 0.15) is 49.5 Å². The van der Waals surface area contributed by atoms with E-state index in [1.54, 1.807) is 25.0 Å². The number of nitrogens with zero attached hydrogens (tertiary/aromatic N) is 2. The molecule has 0 N–H and O–H groups in total. The Morgan fingerprint density at radius 1 is 1.41 bits per heavy atom. The van der Waals surface area contributed by atoms with Crippen molar-refractivity contribution in [3.8, 4) is 5.75 Å². The van der Waals surface area contributed by atoms with Crippen LogP contribution in [-0.2, 0) is 7.05 Å². The highest BCUT2D eigenvalue weighted by Gasteiger charge is 2.38. The van der Waals surface area contributed by atoms with Gasteiger partial charge in [-0.2, -0.15) is 5.10 Å². The Balaban J connectivity index is 2.32. The van der Waals surface area contributed by atoms with E-state index in [1.807, 2.05) is 0 Å². The standard InChI is InChI=1S/C13H20N2O2/c1-13(7-5-4-6-8-13)12(16)11-10(17-3)9-14-15(11)2/h9H,4-8H2,1-3H3. The van der Waals surface area contributed by atoms with Crippen LogP contribution in [0.3, 0.4) is 0 Å². The van der Waals surface area contributed by atoms with Gasteiger partial charge in [-0.3, -0.25) is 9.48 Å². The van der Waals surface area contributed by atoms with Crippen molar-refractivity contribution in [3.63, 3.8) is 0 Å². The Morgan fingerprint density at radius 2 is 2.06 bits per heavy atom. The van der Waals surface area contributed by atoms with Gasteiger partial charge in [-0.1, -0.05) is 26.2 Å². The molecule has 1 aromatic rings. The predicted octanol–water partition coefficient (Wildman–Crippen LogP) is 2.58. The lowest BCUT2D eigenvalue weighted by Crippen LogP contribution is -2.32. The Morgan fingerprint density at radius 3 is 2.65 bits per heavy atom. The first-order valence-corrected chi connectivity index (χ1v) is 6.19. The predicted molar refractivity (Wildman–Crippen MR) is 65.3 cm³/mol. The summed E-state index contributed by atoms with van der Waals surface area (Å²) in [5.41, 5.74) is 0.371. The lowest BCUT2D eigenvalue weighted by Gasteiger charge is -2.31. The summed E-state index contributed by atoms with van der Waals surface area (Å²) >= 11 is 0. The van der Waals surface area contributed by atoms with Crippen molar-refractivity contribution in [3.05, 3.63) is 11.9 Å². The molecular formula is C13H20N2O2. The van der Waals surface area contributed by atoms with Gasteiger partial charge in [-0.25, -0.2) is 0 Å². The van der Waals surface area contributed by atoms with E-state index in [1.165, 1.54) is 6.42 Å². The molecule has 2 rings (SSSR count). The molecule has 1 saturated carbocycles. The number of rotatable bonds is 3. The third-order valence-corrected chi connectivity index (χ3v) is 3.85. The van der Waals surface area contributed by atoms with Crippen LogP contribution >= 0.6 is 0 Å². The first kappa shape index (κ1) is 12.1. The molecule has 4 nitrogen and oxygen atoms in total. The van der Waals surface area contributed by atoms with Gasteiger partial charge < -0.3 is 4.74 Å². The maximum Gasteiger partial charge on any atom is 0.190 e. The molecule has 0 aromatic carbocycles. The molecule has 0 amide bonds. The normalized spacial score (nSPS) is 19.0. The molecule has 0 aliphatic heterocycles. The summed E-state index contributed by atoms with van der Waals surface area (Å²) in [7, 11) is 3.37. The molecule has 17 heavy (non-hydrogen) atoms. The van der Waals surface area contributed by atoms with Crippen LogP contribution in [-0.4, -0.2) is 22.7 Å². The van der Waals surface area contributed by atoms with Crippen molar-refractivity contribution >= 4 is 5.78 Å². The lowest BCUT2D eigenvalue weighted by atomic mass is 9.72. The molecule has 0 saturated heterocycles. The summed E-state index contributed by atoms with van der Waals surface area (Å²) in [6.07, 6.45) is 7.08. The molecule has 1 aromatic heterocycles. The summed E-state index contributed by atoms with van der Waals surface area (Å²) in [4.78, 5) is 12.6. The van der Waals surface area contributed by atoms with Crippen molar-refractivity contribution in [2.45, 2.75) is 39.0 Å². The van der Waals surface area contributed by atoms with Crippen LogP contribution in [0.2, 0.25) is 0 Å². The van der Waals surface area contributed by atoms with E-state index in [4.69, 9.17) is 4.74 Å². The SMILES string of the molecule is COc1cnn(C)c1C(=O)C1(C)CCCCC1. The molecule has 0 unspecified atom stereocenters. The van der Waals surface area contributed by atoms with E-state index >= 15 is 0 Å². The average Bonchev–Trinajstić information content (AvgIpc) is 2.70. The summed E-state index contributed by atoms with van der Waals surface area (Å²) in [6.45, 7) is 2.07. The van der Waals surface area contributed by atoms with Crippen molar-refractivity contribution in [2.75, 3.05) is 7.11 Å². The number of ketones is 1. The zero-order valence-corrected chi connectivity index (χ0v) is 10.8. The number of carbonyl (C=O) groups excluding carboxylic acids is 1. The third kappa shape index (κ3) is 2.08. The fourth-order valence-corrected chi connectivity index (χ4v) is 2.67. The minimum absolute atomic E-state index is 0.175. The minimum atomic E-state index is -0.237. The summed E-state index contributed by atoms with van der Waals surface area (Å²) < 4.78 is 6.84. The number of Topliss-reactive ketones (excluding diaryl/α,β-unsaturated/α-hetero) is 1. The van der Waals surface area contributed by atoms with Gasteiger partial charge in [0.1, 0.15) is 5.69 Å². The lowest BCUT2D eigenvalue weighted by molar-refractivity contribution is 0.0735. The quantitative estimate of drug-likeness (QED) is 0.758. The van der Waals surface area contributed by atoms with Crippen molar-refractivity contribution < 1.29 is 9.53 Å². The van der Waals surface area contributed by atoms with Crippen molar-refractivity contribution in [1.82, 2.24) is 9.78 Å². The zero-order valence-electron chi connectivity index (χ0n) is 10.8. The van der Waals surface area contributed by atoms with Gasteiger partial charge in [-0.15, -0.1) is 0 Å². The van der Waals surface area contributed by atoms with Crippen LogP contribution in [0.5, 0.6) is 5.75 Å². The van der Waals surface area contributed by atoms with Gasteiger partial charge in [0, 0.05) is 12.5 Å². The second-order valence-electron chi connectivity index (χ2n) is 5.14. The van der Waals surface area contributed by atoms with E-state index in [-0.39, 0.29) is 11.2 Å². The fraction of sp³-hybridized carbons (Fsp3) is 0.692. The molecule has 1 heterocycles. The molecule has 94 valence electrons. The Hall–Kier alpha value is -1.32. The van der Waals surface area contributed by atoms with Gasteiger partial charge >= 0.3 is 0 Å². The Kier molecular flexibility index (Phi) is 3.22.